The molecule has 3 rings (SSSR count). The number of hydrogen-bond acceptors (Lipinski definition) is 4. The summed E-state index contributed by atoms with van der Waals surface area (Å²) in [5.41, 5.74) is 3.57. The van der Waals surface area contributed by atoms with E-state index in [4.69, 9.17) is 4.74 Å². The predicted molar refractivity (Wildman–Crippen MR) is 95.5 cm³/mol. The summed E-state index contributed by atoms with van der Waals surface area (Å²) in [6.07, 6.45) is 3.00. The number of aromatic nitrogens is 2. The number of carbonyl (C=O) groups is 1. The second kappa shape index (κ2) is 7.92. The maximum Gasteiger partial charge on any atom is 0.251 e. The van der Waals surface area contributed by atoms with Crippen molar-refractivity contribution in [3.8, 4) is 11.1 Å². The molecule has 2 aromatic heterocycles. The van der Waals surface area contributed by atoms with Gasteiger partial charge in [-0.15, -0.1) is 0 Å². The van der Waals surface area contributed by atoms with E-state index in [0.29, 0.717) is 12.2 Å². The maximum atomic E-state index is 12.2. The Balaban J connectivity index is 1.67. The number of amides is 1. The summed E-state index contributed by atoms with van der Waals surface area (Å²) in [4.78, 5) is 12.2. The molecular weight excluding hydrogens is 318 g/mol. The third kappa shape index (κ3) is 4.04. The molecule has 1 amide bonds. The fourth-order valence-electron chi connectivity index (χ4n) is 2.58. The van der Waals surface area contributed by atoms with Crippen LogP contribution in [0.5, 0.6) is 0 Å². The molecule has 6 nitrogen and oxygen atoms in total. The molecule has 6 heteroatoms. The van der Waals surface area contributed by atoms with E-state index in [0.717, 1.165) is 16.6 Å². The van der Waals surface area contributed by atoms with Crippen molar-refractivity contribution < 1.29 is 14.6 Å². The van der Waals surface area contributed by atoms with Gasteiger partial charge in [-0.05, 0) is 36.8 Å². The fourth-order valence-corrected chi connectivity index (χ4v) is 2.58. The summed E-state index contributed by atoms with van der Waals surface area (Å²) in [7, 11) is 0. The summed E-state index contributed by atoms with van der Waals surface area (Å²) in [5, 5.41) is 16.7. The number of aliphatic hydroxyl groups excluding tert-OH is 1. The van der Waals surface area contributed by atoms with Gasteiger partial charge in [0.05, 0.1) is 24.4 Å². The zero-order valence-corrected chi connectivity index (χ0v) is 14.1. The molecule has 0 bridgehead atoms. The van der Waals surface area contributed by atoms with Gasteiger partial charge in [0.25, 0.3) is 5.91 Å². The molecule has 3 aromatic rings. The molecule has 2 heterocycles. The molecule has 130 valence electrons. The number of hydrogen-bond donors (Lipinski definition) is 2. The Morgan fingerprint density at radius 1 is 1.28 bits per heavy atom. The van der Waals surface area contributed by atoms with Crippen LogP contribution in [0.15, 0.2) is 54.9 Å². The highest BCUT2D eigenvalue weighted by molar-refractivity contribution is 5.95. The van der Waals surface area contributed by atoms with Crippen LogP contribution < -0.4 is 5.32 Å². The number of fused-ring (bicyclic) bond motifs is 1. The van der Waals surface area contributed by atoms with Gasteiger partial charge in [-0.2, -0.15) is 5.10 Å². The van der Waals surface area contributed by atoms with Crippen molar-refractivity contribution >= 4 is 11.4 Å². The Morgan fingerprint density at radius 3 is 2.84 bits per heavy atom. The number of ether oxygens (including phenoxy) is 1. The molecule has 1 aromatic carbocycles. The van der Waals surface area contributed by atoms with Gasteiger partial charge in [-0.1, -0.05) is 18.2 Å². The lowest BCUT2D eigenvalue weighted by molar-refractivity contribution is 0.0418. The summed E-state index contributed by atoms with van der Waals surface area (Å²) in [5.74, 6) is -0.220. The highest BCUT2D eigenvalue weighted by Crippen LogP contribution is 2.24. The van der Waals surface area contributed by atoms with Crippen LogP contribution in [-0.2, 0) is 4.74 Å². The third-order valence-electron chi connectivity index (χ3n) is 3.90. The van der Waals surface area contributed by atoms with Crippen molar-refractivity contribution in [1.82, 2.24) is 14.9 Å². The monoisotopic (exact) mass is 339 g/mol. The minimum Gasteiger partial charge on any atom is -0.389 e. The number of benzene rings is 1. The molecule has 0 fully saturated rings. The van der Waals surface area contributed by atoms with Crippen molar-refractivity contribution in [3.05, 3.63) is 60.4 Å². The SMILES string of the molecule is CCOCC(O)CNC(=O)c1ccc(-c2cnn3ccccc23)cc1. The average molecular weight is 339 g/mol. The Morgan fingerprint density at radius 2 is 2.08 bits per heavy atom. The second-order valence-electron chi connectivity index (χ2n) is 5.69. The number of carbonyl (C=O) groups excluding carboxylic acids is 1. The Hall–Kier alpha value is -2.70. The first-order valence-corrected chi connectivity index (χ1v) is 8.26. The van der Waals surface area contributed by atoms with Crippen molar-refractivity contribution in [1.29, 1.82) is 0 Å². The molecule has 0 aliphatic rings. The van der Waals surface area contributed by atoms with Crippen molar-refractivity contribution in [2.24, 2.45) is 0 Å². The topological polar surface area (TPSA) is 75.9 Å². The molecule has 25 heavy (non-hydrogen) atoms. The largest absolute Gasteiger partial charge is 0.389 e. The van der Waals surface area contributed by atoms with Gasteiger partial charge < -0.3 is 15.2 Å². The lowest BCUT2D eigenvalue weighted by atomic mass is 10.0. The lowest BCUT2D eigenvalue weighted by Crippen LogP contribution is -2.34. The quantitative estimate of drug-likeness (QED) is 0.691. The smallest absolute Gasteiger partial charge is 0.251 e. The van der Waals surface area contributed by atoms with Crippen LogP contribution >= 0.6 is 0 Å². The van der Waals surface area contributed by atoms with Crippen molar-refractivity contribution in [3.63, 3.8) is 0 Å². The van der Waals surface area contributed by atoms with Gasteiger partial charge in [0.15, 0.2) is 0 Å². The molecule has 0 aliphatic carbocycles. The van der Waals surface area contributed by atoms with E-state index in [2.05, 4.69) is 10.4 Å². The van der Waals surface area contributed by atoms with Crippen LogP contribution in [0, 0.1) is 0 Å². The van der Waals surface area contributed by atoms with Crippen LogP contribution in [0.25, 0.3) is 16.6 Å². The van der Waals surface area contributed by atoms with Crippen LogP contribution in [0.2, 0.25) is 0 Å². The fraction of sp³-hybridized carbons (Fsp3) is 0.263. The highest BCUT2D eigenvalue weighted by atomic mass is 16.5. The maximum absolute atomic E-state index is 12.2. The van der Waals surface area contributed by atoms with E-state index in [1.807, 2.05) is 54.2 Å². The molecule has 1 unspecified atom stereocenters. The van der Waals surface area contributed by atoms with Gasteiger partial charge in [-0.3, -0.25) is 4.79 Å². The van der Waals surface area contributed by atoms with Gasteiger partial charge in [0.2, 0.25) is 0 Å². The summed E-state index contributed by atoms with van der Waals surface area (Å²) >= 11 is 0. The third-order valence-corrected chi connectivity index (χ3v) is 3.90. The van der Waals surface area contributed by atoms with E-state index < -0.39 is 6.10 Å². The van der Waals surface area contributed by atoms with Crippen LogP contribution in [0.3, 0.4) is 0 Å². The summed E-state index contributed by atoms with van der Waals surface area (Å²) in [6, 6.07) is 13.2. The Labute approximate surface area is 146 Å². The molecule has 1 atom stereocenters. The predicted octanol–water partition coefficient (Wildman–Crippen LogP) is 2.13. The summed E-state index contributed by atoms with van der Waals surface area (Å²) in [6.45, 7) is 2.77. The zero-order chi connectivity index (χ0) is 17.6. The van der Waals surface area contributed by atoms with E-state index in [1.54, 1.807) is 12.1 Å². The van der Waals surface area contributed by atoms with Gasteiger partial charge in [-0.25, -0.2) is 4.52 Å². The highest BCUT2D eigenvalue weighted by Gasteiger charge is 2.11. The lowest BCUT2D eigenvalue weighted by Gasteiger charge is -2.11. The van der Waals surface area contributed by atoms with Crippen molar-refractivity contribution in [2.45, 2.75) is 13.0 Å². The summed E-state index contributed by atoms with van der Waals surface area (Å²) < 4.78 is 6.93. The van der Waals surface area contributed by atoms with Crippen LogP contribution in [-0.4, -0.2) is 46.5 Å². The molecule has 0 spiro atoms. The molecule has 0 saturated carbocycles. The van der Waals surface area contributed by atoms with Crippen LogP contribution in [0.4, 0.5) is 0 Å². The minimum atomic E-state index is -0.707. The first-order chi connectivity index (χ1) is 12.2. The molecule has 0 aliphatic heterocycles. The minimum absolute atomic E-state index is 0.161. The zero-order valence-electron chi connectivity index (χ0n) is 14.1. The molecule has 2 N–H and O–H groups in total. The van der Waals surface area contributed by atoms with E-state index in [-0.39, 0.29) is 19.1 Å². The van der Waals surface area contributed by atoms with Gasteiger partial charge >= 0.3 is 0 Å². The number of nitrogens with one attached hydrogen (secondary N) is 1. The van der Waals surface area contributed by atoms with Gasteiger partial charge in [0.1, 0.15) is 0 Å². The molecule has 0 saturated heterocycles. The van der Waals surface area contributed by atoms with E-state index in [9.17, 15) is 9.90 Å². The number of aliphatic hydroxyl groups is 1. The normalized spacial score (nSPS) is 12.2. The van der Waals surface area contributed by atoms with Crippen molar-refractivity contribution in [2.75, 3.05) is 19.8 Å². The van der Waals surface area contributed by atoms with Gasteiger partial charge in [0, 0.05) is 30.5 Å². The number of nitrogens with zero attached hydrogens (tertiary/aromatic N) is 2. The van der Waals surface area contributed by atoms with E-state index >= 15 is 0 Å². The molecular formula is C19H21N3O3. The number of rotatable bonds is 7. The number of pyridine rings is 1. The standard InChI is InChI=1S/C19H21N3O3/c1-2-25-13-16(23)11-20-19(24)15-8-6-14(7-9-15)17-12-21-22-10-4-3-5-18(17)22/h3-10,12,16,23H,2,11,13H2,1H3,(H,20,24). The first-order valence-electron chi connectivity index (χ1n) is 8.26. The van der Waals surface area contributed by atoms with E-state index in [1.165, 1.54) is 0 Å². The second-order valence-corrected chi connectivity index (χ2v) is 5.69. The first kappa shape index (κ1) is 17.1. The average Bonchev–Trinajstić information content (AvgIpc) is 3.08. The Kier molecular flexibility index (Phi) is 5.42. The van der Waals surface area contributed by atoms with Crippen LogP contribution in [0.1, 0.15) is 17.3 Å². The Bertz CT molecular complexity index is 843. The molecule has 0 radical (unpaired) electrons.